The summed E-state index contributed by atoms with van der Waals surface area (Å²) in [5, 5.41) is 4.08. The molecule has 0 saturated heterocycles. The maximum Gasteiger partial charge on any atom is 0.232 e. The third-order valence-electron chi connectivity index (χ3n) is 3.61. The molecule has 1 amide bonds. The zero-order valence-corrected chi connectivity index (χ0v) is 13.5. The van der Waals surface area contributed by atoms with Crippen LogP contribution in [0.2, 0.25) is 15.1 Å². The lowest BCUT2D eigenvalue weighted by molar-refractivity contribution is -0.117. The highest BCUT2D eigenvalue weighted by molar-refractivity contribution is 6.38. The van der Waals surface area contributed by atoms with Crippen LogP contribution in [0, 0.1) is 0 Å². The van der Waals surface area contributed by atoms with Gasteiger partial charge in [-0.25, -0.2) is 0 Å². The number of Topliss-reactive ketones (excluding diaryl/α,β-unsaturated/α-hetero) is 1. The number of amides is 1. The first-order valence-electron chi connectivity index (χ1n) is 6.55. The van der Waals surface area contributed by atoms with E-state index in [1.165, 1.54) is 0 Å². The molecule has 0 bridgehead atoms. The van der Waals surface area contributed by atoms with Gasteiger partial charge in [-0.15, -0.1) is 0 Å². The number of nitrogens with one attached hydrogen (secondary N) is 1. The number of fused-ring (bicyclic) bond motifs is 1. The van der Waals surface area contributed by atoms with Crippen molar-refractivity contribution in [2.24, 2.45) is 0 Å². The Morgan fingerprint density at radius 3 is 2.32 bits per heavy atom. The molecule has 22 heavy (non-hydrogen) atoms. The lowest BCUT2D eigenvalue weighted by Gasteiger charge is -2.10. The summed E-state index contributed by atoms with van der Waals surface area (Å²) >= 11 is 18.0. The summed E-state index contributed by atoms with van der Waals surface area (Å²) in [5.41, 5.74) is 1.58. The van der Waals surface area contributed by atoms with Crippen molar-refractivity contribution in [3.05, 3.63) is 62.6 Å². The second-order valence-electron chi connectivity index (χ2n) is 4.99. The lowest BCUT2D eigenvalue weighted by Crippen LogP contribution is -2.16. The Balaban J connectivity index is 1.91. The molecular weight excluding hydrogens is 345 g/mol. The van der Waals surface area contributed by atoms with Crippen LogP contribution in [0.4, 0.5) is 5.69 Å². The molecule has 0 fully saturated rings. The van der Waals surface area contributed by atoms with Crippen molar-refractivity contribution in [2.45, 2.75) is 12.3 Å². The van der Waals surface area contributed by atoms with Gasteiger partial charge in [0.1, 0.15) is 0 Å². The lowest BCUT2D eigenvalue weighted by atomic mass is 9.92. The summed E-state index contributed by atoms with van der Waals surface area (Å²) in [6.45, 7) is 0. The van der Waals surface area contributed by atoms with Gasteiger partial charge < -0.3 is 5.32 Å². The standard InChI is InChI=1S/C16H10Cl3NO2/c17-9-3-1-8(2-4-9)13(21)7-10-14-11(18)5-6-12(19)15(14)20-16(10)22/h1-6,10H,7H2,(H,20,22). The van der Waals surface area contributed by atoms with Gasteiger partial charge in [-0.3, -0.25) is 9.59 Å². The predicted octanol–water partition coefficient (Wildman–Crippen LogP) is 4.96. The van der Waals surface area contributed by atoms with Gasteiger partial charge in [0.15, 0.2) is 5.78 Å². The molecule has 6 heteroatoms. The van der Waals surface area contributed by atoms with Crippen molar-refractivity contribution >= 4 is 52.2 Å². The molecule has 1 aliphatic heterocycles. The summed E-state index contributed by atoms with van der Waals surface area (Å²) in [4.78, 5) is 24.5. The van der Waals surface area contributed by atoms with Crippen LogP contribution < -0.4 is 5.32 Å². The van der Waals surface area contributed by atoms with E-state index in [0.29, 0.717) is 31.9 Å². The Labute approximate surface area is 142 Å². The molecule has 0 saturated carbocycles. The number of carbonyl (C=O) groups excluding carboxylic acids is 2. The molecule has 3 nitrogen and oxygen atoms in total. The molecule has 0 aromatic heterocycles. The fourth-order valence-electron chi connectivity index (χ4n) is 2.51. The highest BCUT2D eigenvalue weighted by Gasteiger charge is 2.35. The second kappa shape index (κ2) is 5.92. The average Bonchev–Trinajstić information content (AvgIpc) is 2.82. The minimum atomic E-state index is -0.635. The number of anilines is 1. The molecule has 1 heterocycles. The van der Waals surface area contributed by atoms with Gasteiger partial charge in [-0.2, -0.15) is 0 Å². The first-order chi connectivity index (χ1) is 10.5. The van der Waals surface area contributed by atoms with Gasteiger partial charge in [0.05, 0.1) is 16.6 Å². The van der Waals surface area contributed by atoms with Gasteiger partial charge in [0, 0.05) is 27.6 Å². The van der Waals surface area contributed by atoms with E-state index in [1.807, 2.05) is 0 Å². The zero-order chi connectivity index (χ0) is 15.9. The number of halogens is 3. The number of hydrogen-bond acceptors (Lipinski definition) is 2. The quantitative estimate of drug-likeness (QED) is 0.792. The molecule has 3 rings (SSSR count). The summed E-state index contributed by atoms with van der Waals surface area (Å²) in [7, 11) is 0. The van der Waals surface area contributed by atoms with Crippen LogP contribution in [0.3, 0.4) is 0 Å². The first-order valence-corrected chi connectivity index (χ1v) is 7.68. The van der Waals surface area contributed by atoms with Crippen molar-refractivity contribution in [1.82, 2.24) is 0 Å². The SMILES string of the molecule is O=C(CC1C(=O)Nc2c(Cl)ccc(Cl)c21)c1ccc(Cl)cc1. The molecule has 2 aromatic rings. The predicted molar refractivity (Wildman–Crippen MR) is 88.2 cm³/mol. The molecule has 1 unspecified atom stereocenters. The van der Waals surface area contributed by atoms with Crippen LogP contribution in [0.5, 0.6) is 0 Å². The number of hydrogen-bond donors (Lipinski definition) is 1. The Kier molecular flexibility index (Phi) is 4.13. The second-order valence-corrected chi connectivity index (χ2v) is 6.24. The van der Waals surface area contributed by atoms with E-state index < -0.39 is 5.92 Å². The van der Waals surface area contributed by atoms with E-state index >= 15 is 0 Å². The topological polar surface area (TPSA) is 46.2 Å². The van der Waals surface area contributed by atoms with Gasteiger partial charge in [0.2, 0.25) is 5.91 Å². The highest BCUT2D eigenvalue weighted by atomic mass is 35.5. The Morgan fingerprint density at radius 2 is 1.64 bits per heavy atom. The minimum absolute atomic E-state index is 0.0283. The van der Waals surface area contributed by atoms with Crippen LogP contribution in [-0.2, 0) is 4.79 Å². The number of benzene rings is 2. The zero-order valence-electron chi connectivity index (χ0n) is 11.2. The number of rotatable bonds is 3. The van der Waals surface area contributed by atoms with Gasteiger partial charge in [-0.1, -0.05) is 34.8 Å². The first kappa shape index (κ1) is 15.3. The monoisotopic (exact) mass is 353 g/mol. The maximum atomic E-state index is 12.4. The number of ketones is 1. The molecule has 1 N–H and O–H groups in total. The summed E-state index contributed by atoms with van der Waals surface area (Å²) < 4.78 is 0. The van der Waals surface area contributed by atoms with Gasteiger partial charge >= 0.3 is 0 Å². The van der Waals surface area contributed by atoms with E-state index in [4.69, 9.17) is 34.8 Å². The van der Waals surface area contributed by atoms with Crippen LogP contribution in [0.25, 0.3) is 0 Å². The molecule has 0 aliphatic carbocycles. The summed E-state index contributed by atoms with van der Waals surface area (Å²) in [6, 6.07) is 9.80. The van der Waals surface area contributed by atoms with Gasteiger partial charge in [0.25, 0.3) is 0 Å². The third-order valence-corrected chi connectivity index (χ3v) is 4.51. The minimum Gasteiger partial charge on any atom is -0.324 e. The van der Waals surface area contributed by atoms with Crippen molar-refractivity contribution in [2.75, 3.05) is 5.32 Å². The average molecular weight is 355 g/mol. The Bertz CT molecular complexity index is 772. The van der Waals surface area contributed by atoms with E-state index in [9.17, 15) is 9.59 Å². The molecule has 0 spiro atoms. The van der Waals surface area contributed by atoms with Crippen molar-refractivity contribution < 1.29 is 9.59 Å². The van der Waals surface area contributed by atoms with Crippen LogP contribution >= 0.6 is 34.8 Å². The fourth-order valence-corrected chi connectivity index (χ4v) is 3.14. The maximum absolute atomic E-state index is 12.4. The molecular formula is C16H10Cl3NO2. The smallest absolute Gasteiger partial charge is 0.232 e. The molecule has 2 aromatic carbocycles. The van der Waals surface area contributed by atoms with Crippen LogP contribution in [0.15, 0.2) is 36.4 Å². The Hall–Kier alpha value is -1.55. The van der Waals surface area contributed by atoms with E-state index in [-0.39, 0.29) is 18.1 Å². The molecule has 1 atom stereocenters. The van der Waals surface area contributed by atoms with Crippen LogP contribution in [0.1, 0.15) is 28.3 Å². The van der Waals surface area contributed by atoms with E-state index in [2.05, 4.69) is 5.32 Å². The Morgan fingerprint density at radius 1 is 1.00 bits per heavy atom. The molecule has 1 aliphatic rings. The molecule has 112 valence electrons. The largest absolute Gasteiger partial charge is 0.324 e. The van der Waals surface area contributed by atoms with E-state index in [1.54, 1.807) is 36.4 Å². The summed E-state index contributed by atoms with van der Waals surface area (Å²) in [5.74, 6) is -1.06. The van der Waals surface area contributed by atoms with Crippen LogP contribution in [-0.4, -0.2) is 11.7 Å². The highest BCUT2D eigenvalue weighted by Crippen LogP contribution is 2.43. The van der Waals surface area contributed by atoms with E-state index in [0.717, 1.165) is 0 Å². The number of carbonyl (C=O) groups is 2. The van der Waals surface area contributed by atoms with Crippen molar-refractivity contribution in [1.29, 1.82) is 0 Å². The van der Waals surface area contributed by atoms with Crippen molar-refractivity contribution in [3.63, 3.8) is 0 Å². The third kappa shape index (κ3) is 2.72. The normalized spacial score (nSPS) is 16.3. The molecule has 0 radical (unpaired) electrons. The van der Waals surface area contributed by atoms with Gasteiger partial charge in [-0.05, 0) is 36.4 Å². The summed E-state index contributed by atoms with van der Waals surface area (Å²) in [6.07, 6.45) is 0.0283. The fraction of sp³-hybridized carbons (Fsp3) is 0.125. The van der Waals surface area contributed by atoms with Crippen molar-refractivity contribution in [3.8, 4) is 0 Å².